The lowest BCUT2D eigenvalue weighted by atomic mass is 10.0. The largest absolute Gasteiger partial charge is 0.472 e. The minimum Gasteiger partial charge on any atom is -0.456 e. The lowest BCUT2D eigenvalue weighted by Gasteiger charge is -2.27. The van der Waals surface area contributed by atoms with E-state index in [4.69, 9.17) is 13.8 Å². The molecule has 0 fully saturated rings. The van der Waals surface area contributed by atoms with Gasteiger partial charge in [0.2, 0.25) is 5.91 Å². The van der Waals surface area contributed by atoms with E-state index in [1.807, 2.05) is 39.4 Å². The van der Waals surface area contributed by atoms with Gasteiger partial charge in [0.05, 0.1) is 33.8 Å². The molecule has 0 aliphatic rings. The molecule has 0 rings (SSSR count). The van der Waals surface area contributed by atoms with E-state index in [1.165, 1.54) is 141 Å². The minimum absolute atomic E-state index is 0.0221. The summed E-state index contributed by atoms with van der Waals surface area (Å²) >= 11 is 0. The third-order valence-corrected chi connectivity index (χ3v) is 14.7. The fourth-order valence-electron chi connectivity index (χ4n) is 8.76. The third kappa shape index (κ3) is 59.1. The molecule has 0 aliphatic heterocycles. The molecule has 1 amide bonds. The van der Waals surface area contributed by atoms with E-state index in [-0.39, 0.29) is 37.9 Å². The van der Waals surface area contributed by atoms with E-state index in [9.17, 15) is 19.0 Å². The van der Waals surface area contributed by atoms with Crippen LogP contribution in [-0.4, -0.2) is 74.3 Å². The van der Waals surface area contributed by atoms with Crippen molar-refractivity contribution >= 4 is 19.7 Å². The molecule has 2 N–H and O–H groups in total. The van der Waals surface area contributed by atoms with Crippen LogP contribution in [0.15, 0.2) is 109 Å². The first-order valence-electron chi connectivity index (χ1n) is 32.2. The van der Waals surface area contributed by atoms with Crippen molar-refractivity contribution in [2.75, 3.05) is 40.9 Å². The van der Waals surface area contributed by atoms with Crippen LogP contribution in [0.25, 0.3) is 0 Å². The maximum absolute atomic E-state index is 13.5. The lowest BCUT2D eigenvalue weighted by Crippen LogP contribution is -2.47. The van der Waals surface area contributed by atoms with E-state index in [0.29, 0.717) is 17.4 Å². The predicted octanol–water partition coefficient (Wildman–Crippen LogP) is 20.1. The number of esters is 1. The Hall–Kier alpha value is -3.33. The Morgan fingerprint density at radius 1 is 0.456 bits per heavy atom. The first-order chi connectivity index (χ1) is 38.4. The molecular weight excluding hydrogens is 1000 g/mol. The van der Waals surface area contributed by atoms with Crippen molar-refractivity contribution in [3.63, 3.8) is 0 Å². The number of hydrogen-bond acceptors (Lipinski definition) is 6. The Bertz CT molecular complexity index is 1720. The van der Waals surface area contributed by atoms with E-state index in [2.05, 4.69) is 117 Å². The Balaban J connectivity index is 5.22. The molecule has 0 spiro atoms. The fraction of sp³-hybridized carbons (Fsp3) is 0.710. The molecular formula is C69H122N2O7P+. The third-order valence-electron chi connectivity index (χ3n) is 13.7. The number of unbranched alkanes of at least 4 members (excludes halogenated alkanes) is 25. The summed E-state index contributed by atoms with van der Waals surface area (Å²) in [6.45, 7) is 6.81. The van der Waals surface area contributed by atoms with Gasteiger partial charge in [0.15, 0.2) is 0 Å². The number of phosphoric acid groups is 1. The van der Waals surface area contributed by atoms with E-state index < -0.39 is 20.0 Å². The quantitative estimate of drug-likeness (QED) is 0.0205. The topological polar surface area (TPSA) is 111 Å². The van der Waals surface area contributed by atoms with Gasteiger partial charge in [-0.25, -0.2) is 4.57 Å². The van der Waals surface area contributed by atoms with Gasteiger partial charge in [-0.3, -0.25) is 18.6 Å². The van der Waals surface area contributed by atoms with Crippen LogP contribution in [0.2, 0.25) is 0 Å². The van der Waals surface area contributed by atoms with E-state index in [1.54, 1.807) is 0 Å². The minimum atomic E-state index is -4.47. The van der Waals surface area contributed by atoms with Gasteiger partial charge in [-0.1, -0.05) is 259 Å². The maximum atomic E-state index is 13.5. The second kappa shape index (κ2) is 57.9. The molecule has 10 heteroatoms. The number of hydrogen-bond donors (Lipinski definition) is 2. The smallest absolute Gasteiger partial charge is 0.456 e. The summed E-state index contributed by atoms with van der Waals surface area (Å²) in [7, 11) is 1.44. The van der Waals surface area contributed by atoms with Gasteiger partial charge < -0.3 is 19.4 Å². The number of carbonyl (C=O) groups excluding carboxylic acids is 2. The van der Waals surface area contributed by atoms with E-state index >= 15 is 0 Å². The average molecular weight is 1120 g/mol. The summed E-state index contributed by atoms with van der Waals surface area (Å²) in [4.78, 5) is 37.7. The van der Waals surface area contributed by atoms with Crippen molar-refractivity contribution in [3.8, 4) is 0 Å². The first kappa shape index (κ1) is 75.7. The maximum Gasteiger partial charge on any atom is 0.472 e. The van der Waals surface area contributed by atoms with E-state index in [0.717, 1.165) is 83.5 Å². The standard InChI is InChI=1S/C69H121N2O7P/c1-7-10-13-16-19-22-25-28-30-32-33-34-35-36-37-38-39-40-42-44-47-50-53-56-59-62-69(73)78-67(60-57-54-51-48-45-27-24-21-18-15-12-9-3)66(65-77-79(74,75)76-64-63-71(4,5)6)70-68(72)61-58-55-52-49-46-43-41-31-29-26-23-20-17-14-11-8-2/h11,14,19-20,22-23,28-31,33-34,43,46,52,55,57,60,66-67H,7-10,12-13,15-18,21,24-27,32,35-42,44-45,47-51,53-54,56,58-59,61-65H2,1-6H3,(H-,70,72,74,75)/p+1/b14-11+,22-19-,23-20+,30-28-,31-29+,34-33-,46-43+,55-52+,60-57-. The zero-order chi connectivity index (χ0) is 57.9. The van der Waals surface area contributed by atoms with Crippen molar-refractivity contribution in [1.29, 1.82) is 0 Å². The summed E-state index contributed by atoms with van der Waals surface area (Å²) in [5, 5.41) is 3.00. The number of likely N-dealkylation sites (N-methyl/N-ethyl adjacent to an activating group) is 1. The number of rotatable bonds is 57. The van der Waals surface area contributed by atoms with Crippen molar-refractivity contribution < 1.29 is 37.3 Å². The number of quaternary nitrogens is 1. The van der Waals surface area contributed by atoms with Gasteiger partial charge in [-0.05, 0) is 102 Å². The molecule has 454 valence electrons. The predicted molar refractivity (Wildman–Crippen MR) is 341 cm³/mol. The summed E-state index contributed by atoms with van der Waals surface area (Å²) in [6.07, 6.45) is 79.7. The molecule has 79 heavy (non-hydrogen) atoms. The van der Waals surface area contributed by atoms with Crippen LogP contribution in [0.4, 0.5) is 0 Å². The molecule has 0 saturated heterocycles. The van der Waals surface area contributed by atoms with Gasteiger partial charge in [0, 0.05) is 12.8 Å². The Morgan fingerprint density at radius 3 is 1.27 bits per heavy atom. The van der Waals surface area contributed by atoms with Crippen LogP contribution in [0.1, 0.15) is 265 Å². The molecule has 9 nitrogen and oxygen atoms in total. The number of nitrogens with one attached hydrogen (secondary N) is 1. The fourth-order valence-corrected chi connectivity index (χ4v) is 9.49. The van der Waals surface area contributed by atoms with Crippen LogP contribution in [0, 0.1) is 0 Å². The summed E-state index contributed by atoms with van der Waals surface area (Å²) in [6, 6.07) is -0.895. The van der Waals surface area contributed by atoms with Crippen molar-refractivity contribution in [3.05, 3.63) is 109 Å². The molecule has 0 aromatic rings. The molecule has 0 aliphatic carbocycles. The Kier molecular flexibility index (Phi) is 55.4. The molecule has 0 aromatic carbocycles. The first-order valence-corrected chi connectivity index (χ1v) is 33.7. The van der Waals surface area contributed by atoms with Crippen molar-refractivity contribution in [2.24, 2.45) is 0 Å². The highest BCUT2D eigenvalue weighted by Crippen LogP contribution is 2.43. The van der Waals surface area contributed by atoms with Gasteiger partial charge in [-0.2, -0.15) is 0 Å². The zero-order valence-electron chi connectivity index (χ0n) is 51.8. The average Bonchev–Trinajstić information content (AvgIpc) is 3.41. The molecule has 0 bridgehead atoms. The van der Waals surface area contributed by atoms with Crippen molar-refractivity contribution in [2.45, 2.75) is 277 Å². The van der Waals surface area contributed by atoms with Crippen molar-refractivity contribution in [1.82, 2.24) is 5.32 Å². The number of nitrogens with zero attached hydrogens (tertiary/aromatic N) is 1. The normalized spacial score (nSPS) is 14.4. The van der Waals surface area contributed by atoms with Gasteiger partial charge >= 0.3 is 13.8 Å². The van der Waals surface area contributed by atoms with Crippen LogP contribution >= 0.6 is 7.82 Å². The molecule has 0 aromatic heterocycles. The second-order valence-corrected chi connectivity index (χ2v) is 24.0. The Labute approximate surface area is 487 Å². The zero-order valence-corrected chi connectivity index (χ0v) is 52.7. The molecule has 3 atom stereocenters. The molecule has 0 heterocycles. The van der Waals surface area contributed by atoms with Crippen LogP contribution in [-0.2, 0) is 27.9 Å². The second-order valence-electron chi connectivity index (χ2n) is 22.5. The number of amides is 1. The highest BCUT2D eigenvalue weighted by molar-refractivity contribution is 7.47. The van der Waals surface area contributed by atoms with Crippen LogP contribution in [0.5, 0.6) is 0 Å². The molecule has 0 radical (unpaired) electrons. The number of allylic oxidation sites excluding steroid dienone is 17. The van der Waals surface area contributed by atoms with Gasteiger partial charge in [0.25, 0.3) is 0 Å². The van der Waals surface area contributed by atoms with Crippen LogP contribution in [0.3, 0.4) is 0 Å². The summed E-state index contributed by atoms with van der Waals surface area (Å²) < 4.78 is 30.7. The Morgan fingerprint density at radius 2 is 0.823 bits per heavy atom. The monoisotopic (exact) mass is 1120 g/mol. The number of ether oxygens (including phenoxy) is 1. The lowest BCUT2D eigenvalue weighted by molar-refractivity contribution is -0.870. The summed E-state index contributed by atoms with van der Waals surface area (Å²) in [5.74, 6) is -0.606. The molecule has 3 unspecified atom stereocenters. The highest BCUT2D eigenvalue weighted by atomic mass is 31.2. The number of carbonyl (C=O) groups is 2. The van der Waals surface area contributed by atoms with Gasteiger partial charge in [0.1, 0.15) is 19.3 Å². The summed E-state index contributed by atoms with van der Waals surface area (Å²) in [5.41, 5.74) is 0. The SMILES string of the molecule is CC/C=C/C/C=C/C/C=C/C/C=C/C/C=C/CCC(=O)NC(COP(=O)(O)OCC[N+](C)(C)C)C(/C=C\CCCCCCCCCCCC)OC(=O)CCCCCCCCCCCCCC/C=C\C/C=C\C/C=C\CCCCC. The van der Waals surface area contributed by atoms with Gasteiger partial charge in [-0.15, -0.1) is 0 Å². The molecule has 0 saturated carbocycles. The van der Waals surface area contributed by atoms with Crippen LogP contribution < -0.4 is 5.32 Å². The highest BCUT2D eigenvalue weighted by Gasteiger charge is 2.30. The number of phosphoric ester groups is 1.